The summed E-state index contributed by atoms with van der Waals surface area (Å²) in [5, 5.41) is 10.8. The van der Waals surface area contributed by atoms with Crippen LogP contribution in [0.3, 0.4) is 0 Å². The van der Waals surface area contributed by atoms with Crippen LogP contribution in [0.1, 0.15) is 33.2 Å². The molecule has 0 aliphatic carbocycles. The number of nitrogens with one attached hydrogen (secondary N) is 1. The summed E-state index contributed by atoms with van der Waals surface area (Å²) in [6.45, 7) is 1.51. The maximum atomic E-state index is 12.7. The number of benzene rings is 2. The van der Waals surface area contributed by atoms with Gasteiger partial charge in [-0.3, -0.25) is 13.8 Å². The van der Waals surface area contributed by atoms with Gasteiger partial charge in [-0.2, -0.15) is 0 Å². The molecule has 3 rings (SSSR count). The van der Waals surface area contributed by atoms with Crippen LogP contribution < -0.4 is 10.1 Å². The van der Waals surface area contributed by atoms with Gasteiger partial charge >= 0.3 is 5.97 Å². The molecule has 140 valence electrons. The Morgan fingerprint density at radius 1 is 1.19 bits per heavy atom. The van der Waals surface area contributed by atoms with Gasteiger partial charge in [0.05, 0.1) is 16.5 Å². The van der Waals surface area contributed by atoms with E-state index in [-0.39, 0.29) is 29.6 Å². The Morgan fingerprint density at radius 3 is 2.52 bits per heavy atom. The van der Waals surface area contributed by atoms with Crippen LogP contribution in [0.2, 0.25) is 0 Å². The van der Waals surface area contributed by atoms with Gasteiger partial charge in [0, 0.05) is 22.1 Å². The molecule has 1 aliphatic rings. The molecule has 2 aromatic rings. The minimum atomic E-state index is -1.49. The molecular weight excluding hydrogens is 370 g/mol. The van der Waals surface area contributed by atoms with Gasteiger partial charge in [-0.05, 0) is 42.8 Å². The number of rotatable bonds is 6. The summed E-state index contributed by atoms with van der Waals surface area (Å²) >= 11 is 0. The summed E-state index contributed by atoms with van der Waals surface area (Å²) in [5.74, 6) is -1.02. The predicted octanol–water partition coefficient (Wildman–Crippen LogP) is 2.24. The molecule has 1 heterocycles. The second-order valence-corrected chi connectivity index (χ2v) is 7.84. The summed E-state index contributed by atoms with van der Waals surface area (Å²) in [5.41, 5.74) is 1.58. The molecule has 1 aliphatic heterocycles. The molecule has 0 aromatic heterocycles. The molecule has 2 aromatic carbocycles. The van der Waals surface area contributed by atoms with E-state index in [1.807, 2.05) is 0 Å². The highest BCUT2D eigenvalue weighted by molar-refractivity contribution is 7.85. The zero-order chi connectivity index (χ0) is 19.6. The maximum Gasteiger partial charge on any atom is 0.335 e. The normalized spacial score (nSPS) is 15.1. The number of hydrogen-bond donors (Lipinski definition) is 2. The molecule has 0 bridgehead atoms. The lowest BCUT2D eigenvalue weighted by molar-refractivity contribution is -0.118. The lowest BCUT2D eigenvalue weighted by Crippen LogP contribution is -2.27. The Kier molecular flexibility index (Phi) is 5.36. The minimum Gasteiger partial charge on any atom is -0.482 e. The fourth-order valence-corrected chi connectivity index (χ4v) is 3.77. The Morgan fingerprint density at radius 2 is 1.85 bits per heavy atom. The number of hydrogen-bond acceptors (Lipinski definition) is 5. The van der Waals surface area contributed by atoms with Crippen LogP contribution in [0, 0.1) is 0 Å². The zero-order valence-corrected chi connectivity index (χ0v) is 15.2. The Hall–Kier alpha value is -3.00. The number of ketones is 1. The standard InChI is InChI=1S/C19H17NO6S/c1-11(27(25)10-12-2-4-13(5-3-12)19(23)24)18(22)14-6-7-16-15(8-14)20-17(21)9-26-16/h2-8,11H,9-10H2,1H3,(H,20,21)(H,23,24). The summed E-state index contributed by atoms with van der Waals surface area (Å²) in [6.07, 6.45) is 0. The smallest absolute Gasteiger partial charge is 0.335 e. The van der Waals surface area contributed by atoms with Gasteiger partial charge in [-0.25, -0.2) is 4.79 Å². The van der Waals surface area contributed by atoms with Crippen LogP contribution in [-0.2, 0) is 21.3 Å². The van der Waals surface area contributed by atoms with E-state index in [2.05, 4.69) is 5.32 Å². The Bertz CT molecular complexity index is 938. The van der Waals surface area contributed by atoms with Crippen molar-refractivity contribution in [3.8, 4) is 5.75 Å². The monoisotopic (exact) mass is 387 g/mol. The van der Waals surface area contributed by atoms with E-state index >= 15 is 0 Å². The van der Waals surface area contributed by atoms with Gasteiger partial charge < -0.3 is 15.2 Å². The molecule has 2 atom stereocenters. The molecule has 0 fully saturated rings. The third-order valence-corrected chi connectivity index (χ3v) is 5.79. The summed E-state index contributed by atoms with van der Waals surface area (Å²) in [6, 6.07) is 10.7. The molecule has 0 radical (unpaired) electrons. The lowest BCUT2D eigenvalue weighted by Gasteiger charge is -2.19. The Balaban J connectivity index is 1.71. The topological polar surface area (TPSA) is 110 Å². The van der Waals surface area contributed by atoms with Crippen LogP contribution in [0.15, 0.2) is 42.5 Å². The van der Waals surface area contributed by atoms with Gasteiger partial charge in [0.2, 0.25) is 0 Å². The summed E-state index contributed by atoms with van der Waals surface area (Å²) < 4.78 is 17.8. The van der Waals surface area contributed by atoms with E-state index in [1.54, 1.807) is 31.2 Å². The minimum absolute atomic E-state index is 0.0681. The zero-order valence-electron chi connectivity index (χ0n) is 14.4. The molecule has 2 N–H and O–H groups in total. The quantitative estimate of drug-likeness (QED) is 0.736. The van der Waals surface area contributed by atoms with Crippen LogP contribution in [0.25, 0.3) is 0 Å². The van der Waals surface area contributed by atoms with Gasteiger partial charge in [-0.15, -0.1) is 0 Å². The number of anilines is 1. The number of Topliss-reactive ketones (excluding diaryl/α,β-unsaturated/α-hetero) is 1. The fraction of sp³-hybridized carbons (Fsp3) is 0.211. The molecule has 0 saturated carbocycles. The van der Waals surface area contributed by atoms with Crippen molar-refractivity contribution in [3.63, 3.8) is 0 Å². The molecular formula is C19H17NO6S. The molecule has 7 nitrogen and oxygen atoms in total. The van der Waals surface area contributed by atoms with Crippen molar-refractivity contribution >= 4 is 34.1 Å². The second kappa shape index (κ2) is 7.71. The van der Waals surface area contributed by atoms with Crippen molar-refractivity contribution < 1.29 is 28.4 Å². The van der Waals surface area contributed by atoms with Crippen molar-refractivity contribution in [1.82, 2.24) is 0 Å². The van der Waals surface area contributed by atoms with E-state index in [4.69, 9.17) is 9.84 Å². The average Bonchev–Trinajstić information content (AvgIpc) is 2.66. The SMILES string of the molecule is CC(C(=O)c1ccc2c(c1)NC(=O)CO2)S(=O)Cc1ccc(C(=O)O)cc1. The number of ether oxygens (including phenoxy) is 1. The van der Waals surface area contributed by atoms with E-state index in [1.165, 1.54) is 18.2 Å². The van der Waals surface area contributed by atoms with Crippen LogP contribution in [-0.4, -0.2) is 38.8 Å². The third-order valence-electron chi connectivity index (χ3n) is 4.17. The molecule has 8 heteroatoms. The second-order valence-electron chi connectivity index (χ2n) is 6.08. The number of carboxylic acids is 1. The number of amides is 1. The van der Waals surface area contributed by atoms with Crippen molar-refractivity contribution in [1.29, 1.82) is 0 Å². The highest BCUT2D eigenvalue weighted by atomic mass is 32.2. The van der Waals surface area contributed by atoms with E-state index in [0.717, 1.165) is 0 Å². The highest BCUT2D eigenvalue weighted by Gasteiger charge is 2.24. The Labute approximate surface area is 157 Å². The first-order valence-corrected chi connectivity index (χ1v) is 9.53. The first-order chi connectivity index (χ1) is 12.8. The summed E-state index contributed by atoms with van der Waals surface area (Å²) in [7, 11) is -1.49. The van der Waals surface area contributed by atoms with Crippen molar-refractivity contribution in [3.05, 3.63) is 59.2 Å². The highest BCUT2D eigenvalue weighted by Crippen LogP contribution is 2.29. The predicted molar refractivity (Wildman–Crippen MR) is 99.6 cm³/mol. The fourth-order valence-electron chi connectivity index (χ4n) is 2.62. The average molecular weight is 387 g/mol. The molecule has 0 spiro atoms. The van der Waals surface area contributed by atoms with Crippen LogP contribution in [0.5, 0.6) is 5.75 Å². The number of aromatic carboxylic acids is 1. The first-order valence-electron chi connectivity index (χ1n) is 8.15. The number of carbonyl (C=O) groups is 3. The third kappa shape index (κ3) is 4.22. The first kappa shape index (κ1) is 18.8. The number of fused-ring (bicyclic) bond motifs is 1. The van der Waals surface area contributed by atoms with Crippen molar-refractivity contribution in [2.75, 3.05) is 11.9 Å². The molecule has 27 heavy (non-hydrogen) atoms. The number of carbonyl (C=O) groups excluding carboxylic acids is 2. The lowest BCUT2D eigenvalue weighted by atomic mass is 10.1. The van der Waals surface area contributed by atoms with Crippen molar-refractivity contribution in [2.45, 2.75) is 17.9 Å². The molecule has 1 amide bonds. The molecule has 2 unspecified atom stereocenters. The molecule has 0 saturated heterocycles. The summed E-state index contributed by atoms with van der Waals surface area (Å²) in [4.78, 5) is 34.9. The van der Waals surface area contributed by atoms with Crippen LogP contribution in [0.4, 0.5) is 5.69 Å². The van der Waals surface area contributed by atoms with Gasteiger partial charge in [0.15, 0.2) is 12.4 Å². The van der Waals surface area contributed by atoms with Gasteiger partial charge in [0.25, 0.3) is 5.91 Å². The van der Waals surface area contributed by atoms with Crippen molar-refractivity contribution in [2.24, 2.45) is 0 Å². The van der Waals surface area contributed by atoms with E-state index in [9.17, 15) is 18.6 Å². The van der Waals surface area contributed by atoms with Crippen LogP contribution >= 0.6 is 0 Å². The maximum absolute atomic E-state index is 12.7. The van der Waals surface area contributed by atoms with Gasteiger partial charge in [0.1, 0.15) is 5.75 Å². The largest absolute Gasteiger partial charge is 0.482 e. The van der Waals surface area contributed by atoms with E-state index < -0.39 is 22.0 Å². The van der Waals surface area contributed by atoms with E-state index in [0.29, 0.717) is 22.6 Å². The van der Waals surface area contributed by atoms with Gasteiger partial charge in [-0.1, -0.05) is 12.1 Å². The number of carboxylic acid groups (broad SMARTS) is 1.